The predicted molar refractivity (Wildman–Crippen MR) is 74.6 cm³/mol. The monoisotopic (exact) mass is 255 g/mol. The normalized spacial score (nSPS) is 11.8. The Bertz CT molecular complexity index is 525. The summed E-state index contributed by atoms with van der Waals surface area (Å²) in [7, 11) is 0. The molecule has 0 bridgehead atoms. The number of hydrogen-bond acceptors (Lipinski definition) is 1. The molecule has 2 rings (SSSR count). The molecule has 0 heterocycles. The molecule has 0 aliphatic heterocycles. The fourth-order valence-electron chi connectivity index (χ4n) is 1.95. The van der Waals surface area contributed by atoms with E-state index in [0.29, 0.717) is 0 Å². The number of halogens is 1. The molecule has 0 fully saturated rings. The van der Waals surface area contributed by atoms with Crippen molar-refractivity contribution in [2.24, 2.45) is 0 Å². The Morgan fingerprint density at radius 2 is 1.67 bits per heavy atom. The van der Waals surface area contributed by atoms with E-state index in [-0.39, 0.29) is 5.92 Å². The van der Waals surface area contributed by atoms with Gasteiger partial charge < -0.3 is 0 Å². The summed E-state index contributed by atoms with van der Waals surface area (Å²) in [4.78, 5) is 0. The average molecular weight is 256 g/mol. The van der Waals surface area contributed by atoms with Gasteiger partial charge in [0.1, 0.15) is 0 Å². The molecule has 0 spiro atoms. The van der Waals surface area contributed by atoms with Crippen molar-refractivity contribution in [1.29, 1.82) is 5.26 Å². The maximum atomic E-state index is 9.23. The number of benzene rings is 2. The van der Waals surface area contributed by atoms with Crippen molar-refractivity contribution >= 4 is 11.6 Å². The largest absolute Gasteiger partial charge is 0.198 e. The lowest BCUT2D eigenvalue weighted by molar-refractivity contribution is 0.746. The van der Waals surface area contributed by atoms with Gasteiger partial charge in [0.25, 0.3) is 0 Å². The summed E-state index contributed by atoms with van der Waals surface area (Å²) in [5, 5.41) is 9.98. The maximum absolute atomic E-state index is 9.23. The molecule has 1 atom stereocenters. The van der Waals surface area contributed by atoms with Crippen molar-refractivity contribution in [3.05, 3.63) is 70.7 Å². The minimum atomic E-state index is -0.0399. The Morgan fingerprint density at radius 1 is 1.00 bits per heavy atom. The van der Waals surface area contributed by atoms with Crippen molar-refractivity contribution in [3.63, 3.8) is 0 Å². The van der Waals surface area contributed by atoms with Gasteiger partial charge in [0, 0.05) is 5.02 Å². The van der Waals surface area contributed by atoms with Crippen molar-refractivity contribution in [1.82, 2.24) is 0 Å². The van der Waals surface area contributed by atoms with Crippen LogP contribution in [0, 0.1) is 11.3 Å². The van der Waals surface area contributed by atoms with Crippen molar-refractivity contribution in [3.8, 4) is 6.07 Å². The highest BCUT2D eigenvalue weighted by molar-refractivity contribution is 6.30. The number of nitrogens with zero attached hydrogens (tertiary/aromatic N) is 1. The Morgan fingerprint density at radius 3 is 2.28 bits per heavy atom. The van der Waals surface area contributed by atoms with Crippen LogP contribution in [0.3, 0.4) is 0 Å². The van der Waals surface area contributed by atoms with Crippen LogP contribution < -0.4 is 0 Å². The van der Waals surface area contributed by atoms with Gasteiger partial charge in [-0.15, -0.1) is 0 Å². The number of nitriles is 1. The third kappa shape index (κ3) is 3.35. The molecule has 90 valence electrons. The van der Waals surface area contributed by atoms with Gasteiger partial charge in [0.15, 0.2) is 0 Å². The zero-order chi connectivity index (χ0) is 12.8. The van der Waals surface area contributed by atoms with Crippen LogP contribution >= 0.6 is 11.6 Å². The smallest absolute Gasteiger partial charge is 0.0715 e. The van der Waals surface area contributed by atoms with Gasteiger partial charge in [-0.05, 0) is 36.1 Å². The van der Waals surface area contributed by atoms with Crippen molar-refractivity contribution in [2.75, 3.05) is 0 Å². The summed E-state index contributed by atoms with van der Waals surface area (Å²) in [5.41, 5.74) is 2.31. The van der Waals surface area contributed by atoms with Gasteiger partial charge in [-0.25, -0.2) is 0 Å². The molecule has 0 aromatic heterocycles. The SMILES string of the molecule is N#C[C@@H](CCc1ccc(Cl)cc1)c1ccccc1. The zero-order valence-electron chi connectivity index (χ0n) is 10.0. The third-order valence-corrected chi connectivity index (χ3v) is 3.24. The molecule has 0 aliphatic rings. The lowest BCUT2D eigenvalue weighted by Crippen LogP contribution is -1.98. The summed E-state index contributed by atoms with van der Waals surface area (Å²) in [5.74, 6) is -0.0399. The van der Waals surface area contributed by atoms with E-state index in [1.807, 2.05) is 54.6 Å². The highest BCUT2D eigenvalue weighted by Crippen LogP contribution is 2.21. The molecule has 18 heavy (non-hydrogen) atoms. The Kier molecular flexibility index (Phi) is 4.39. The van der Waals surface area contributed by atoms with Gasteiger partial charge in [-0.3, -0.25) is 0 Å². The summed E-state index contributed by atoms with van der Waals surface area (Å²) >= 11 is 5.85. The Hall–Kier alpha value is -1.78. The summed E-state index contributed by atoms with van der Waals surface area (Å²) in [6.07, 6.45) is 1.73. The van der Waals surface area contributed by atoms with E-state index >= 15 is 0 Å². The van der Waals surface area contributed by atoms with Gasteiger partial charge >= 0.3 is 0 Å². The summed E-state index contributed by atoms with van der Waals surface area (Å²) in [6, 6.07) is 20.1. The molecule has 0 unspecified atom stereocenters. The van der Waals surface area contributed by atoms with E-state index in [9.17, 15) is 5.26 Å². The number of rotatable bonds is 4. The molecule has 1 nitrogen and oxygen atoms in total. The minimum absolute atomic E-state index is 0.0399. The molecule has 2 aromatic carbocycles. The standard InChI is InChI=1S/C16H14ClN/c17-16-10-7-13(8-11-16)6-9-15(12-18)14-4-2-1-3-5-14/h1-5,7-8,10-11,15H,6,9H2/t15-/m1/s1. The molecule has 0 saturated carbocycles. The molecule has 0 N–H and O–H groups in total. The fourth-order valence-corrected chi connectivity index (χ4v) is 2.08. The molecule has 2 aromatic rings. The van der Waals surface area contributed by atoms with Crippen LogP contribution in [0.5, 0.6) is 0 Å². The van der Waals surface area contributed by atoms with E-state index in [4.69, 9.17) is 11.6 Å². The topological polar surface area (TPSA) is 23.8 Å². The van der Waals surface area contributed by atoms with Crippen LogP contribution in [0.4, 0.5) is 0 Å². The first-order valence-electron chi connectivity index (χ1n) is 5.98. The predicted octanol–water partition coefficient (Wildman–Crippen LogP) is 4.58. The average Bonchev–Trinajstić information content (AvgIpc) is 2.43. The minimum Gasteiger partial charge on any atom is -0.198 e. The first kappa shape index (κ1) is 12.7. The summed E-state index contributed by atoms with van der Waals surface area (Å²) in [6.45, 7) is 0. The quantitative estimate of drug-likeness (QED) is 0.785. The molecular formula is C16H14ClN. The highest BCUT2D eigenvalue weighted by atomic mass is 35.5. The highest BCUT2D eigenvalue weighted by Gasteiger charge is 2.09. The molecule has 0 radical (unpaired) electrons. The zero-order valence-corrected chi connectivity index (χ0v) is 10.8. The van der Waals surface area contributed by atoms with E-state index in [2.05, 4.69) is 6.07 Å². The Labute approximate surface area is 113 Å². The second kappa shape index (κ2) is 6.23. The first-order chi connectivity index (χ1) is 8.79. The van der Waals surface area contributed by atoms with Crippen LogP contribution in [-0.2, 0) is 6.42 Å². The molecule has 0 amide bonds. The fraction of sp³-hybridized carbons (Fsp3) is 0.188. The van der Waals surface area contributed by atoms with Crippen molar-refractivity contribution in [2.45, 2.75) is 18.8 Å². The number of hydrogen-bond donors (Lipinski definition) is 0. The van der Waals surface area contributed by atoms with Gasteiger partial charge in [0.05, 0.1) is 12.0 Å². The lowest BCUT2D eigenvalue weighted by Gasteiger charge is -2.09. The number of aryl methyl sites for hydroxylation is 1. The van der Waals surface area contributed by atoms with Crippen LogP contribution in [0.25, 0.3) is 0 Å². The lowest BCUT2D eigenvalue weighted by atomic mass is 9.94. The van der Waals surface area contributed by atoms with Crippen LogP contribution in [-0.4, -0.2) is 0 Å². The van der Waals surface area contributed by atoms with Crippen LogP contribution in [0.2, 0.25) is 5.02 Å². The van der Waals surface area contributed by atoms with E-state index in [0.717, 1.165) is 23.4 Å². The van der Waals surface area contributed by atoms with Gasteiger partial charge in [0.2, 0.25) is 0 Å². The Balaban J connectivity index is 2.00. The van der Waals surface area contributed by atoms with E-state index < -0.39 is 0 Å². The van der Waals surface area contributed by atoms with Gasteiger partial charge in [-0.1, -0.05) is 54.1 Å². The second-order valence-corrected chi connectivity index (χ2v) is 4.69. The first-order valence-corrected chi connectivity index (χ1v) is 6.36. The van der Waals surface area contributed by atoms with Gasteiger partial charge in [-0.2, -0.15) is 5.26 Å². The second-order valence-electron chi connectivity index (χ2n) is 4.26. The molecule has 0 saturated heterocycles. The molecule has 0 aliphatic carbocycles. The maximum Gasteiger partial charge on any atom is 0.0715 e. The summed E-state index contributed by atoms with van der Waals surface area (Å²) < 4.78 is 0. The van der Waals surface area contributed by atoms with E-state index in [1.54, 1.807) is 0 Å². The van der Waals surface area contributed by atoms with Crippen LogP contribution in [0.15, 0.2) is 54.6 Å². The van der Waals surface area contributed by atoms with Crippen LogP contribution in [0.1, 0.15) is 23.5 Å². The van der Waals surface area contributed by atoms with Crippen molar-refractivity contribution < 1.29 is 0 Å². The molecule has 2 heteroatoms. The third-order valence-electron chi connectivity index (χ3n) is 2.99. The van der Waals surface area contributed by atoms with E-state index in [1.165, 1.54) is 5.56 Å². The molecular weight excluding hydrogens is 242 g/mol.